The molecule has 0 aliphatic rings. The number of nitrogens with zero attached hydrogens (tertiary/aromatic N) is 1. The van der Waals surface area contributed by atoms with Gasteiger partial charge in [0.1, 0.15) is 18.1 Å². The minimum Gasteiger partial charge on any atom is -0.465 e. The van der Waals surface area contributed by atoms with Gasteiger partial charge in [-0.05, 0) is 62.6 Å². The standard InChI is InChI=1S/C20H20FNO3S/c1-4-24-19(23)12-22-13(2)20(17-11-14(21)5-10-18(17)22)25-15-6-8-16(26-3)9-7-15/h5-11H,4,12H2,1-3H3. The Bertz CT molecular complexity index is 934. The first-order chi connectivity index (χ1) is 12.5. The molecule has 136 valence electrons. The molecule has 0 N–H and O–H groups in total. The van der Waals surface area contributed by atoms with Gasteiger partial charge in [0.25, 0.3) is 0 Å². The molecule has 0 amide bonds. The Kier molecular flexibility index (Phi) is 5.52. The number of fused-ring (bicyclic) bond motifs is 1. The summed E-state index contributed by atoms with van der Waals surface area (Å²) in [6.45, 7) is 3.98. The molecule has 0 fully saturated rings. The van der Waals surface area contributed by atoms with E-state index >= 15 is 0 Å². The second-order valence-electron chi connectivity index (χ2n) is 5.74. The van der Waals surface area contributed by atoms with Crippen LogP contribution in [0, 0.1) is 12.7 Å². The Morgan fingerprint density at radius 2 is 1.92 bits per heavy atom. The summed E-state index contributed by atoms with van der Waals surface area (Å²) in [4.78, 5) is 13.1. The normalized spacial score (nSPS) is 10.9. The molecule has 1 heterocycles. The van der Waals surface area contributed by atoms with Gasteiger partial charge in [0.05, 0.1) is 17.8 Å². The van der Waals surface area contributed by atoms with Crippen molar-refractivity contribution in [1.29, 1.82) is 0 Å². The highest BCUT2D eigenvalue weighted by atomic mass is 32.2. The monoisotopic (exact) mass is 373 g/mol. The molecule has 26 heavy (non-hydrogen) atoms. The molecule has 2 aromatic carbocycles. The molecule has 0 saturated carbocycles. The van der Waals surface area contributed by atoms with Crippen LogP contribution in [-0.4, -0.2) is 23.4 Å². The van der Waals surface area contributed by atoms with Crippen molar-refractivity contribution < 1.29 is 18.7 Å². The highest BCUT2D eigenvalue weighted by molar-refractivity contribution is 7.98. The van der Waals surface area contributed by atoms with Crippen LogP contribution in [0.4, 0.5) is 4.39 Å². The third kappa shape index (κ3) is 3.70. The number of esters is 1. The van der Waals surface area contributed by atoms with Gasteiger partial charge < -0.3 is 14.0 Å². The lowest BCUT2D eigenvalue weighted by molar-refractivity contribution is -0.143. The number of ether oxygens (including phenoxy) is 2. The maximum Gasteiger partial charge on any atom is 0.325 e. The third-order valence-electron chi connectivity index (χ3n) is 4.10. The van der Waals surface area contributed by atoms with E-state index in [4.69, 9.17) is 9.47 Å². The van der Waals surface area contributed by atoms with Crippen LogP contribution >= 0.6 is 11.8 Å². The molecule has 6 heteroatoms. The second kappa shape index (κ2) is 7.83. The molecule has 0 spiro atoms. The fourth-order valence-electron chi connectivity index (χ4n) is 2.85. The van der Waals surface area contributed by atoms with Crippen molar-refractivity contribution in [3.8, 4) is 11.5 Å². The zero-order valence-electron chi connectivity index (χ0n) is 14.9. The Labute approximate surface area is 155 Å². The van der Waals surface area contributed by atoms with E-state index in [-0.39, 0.29) is 18.3 Å². The van der Waals surface area contributed by atoms with Crippen LogP contribution in [0.1, 0.15) is 12.6 Å². The van der Waals surface area contributed by atoms with Crippen molar-refractivity contribution in [2.45, 2.75) is 25.3 Å². The van der Waals surface area contributed by atoms with E-state index in [0.29, 0.717) is 23.5 Å². The maximum atomic E-state index is 13.8. The second-order valence-corrected chi connectivity index (χ2v) is 6.62. The SMILES string of the molecule is CCOC(=O)Cn1c(C)c(Oc2ccc(SC)cc2)c2cc(F)ccc21. The molecular formula is C20H20FNO3S. The van der Waals surface area contributed by atoms with Gasteiger partial charge >= 0.3 is 5.97 Å². The lowest BCUT2D eigenvalue weighted by atomic mass is 10.2. The predicted molar refractivity (Wildman–Crippen MR) is 102 cm³/mol. The number of hydrogen-bond donors (Lipinski definition) is 0. The van der Waals surface area contributed by atoms with Gasteiger partial charge in [0.2, 0.25) is 0 Å². The van der Waals surface area contributed by atoms with E-state index in [1.54, 1.807) is 29.3 Å². The number of thioether (sulfide) groups is 1. The smallest absolute Gasteiger partial charge is 0.325 e. The van der Waals surface area contributed by atoms with E-state index in [0.717, 1.165) is 16.1 Å². The molecule has 3 rings (SSSR count). The van der Waals surface area contributed by atoms with E-state index < -0.39 is 0 Å². The van der Waals surface area contributed by atoms with Crippen LogP contribution < -0.4 is 4.74 Å². The van der Waals surface area contributed by atoms with Crippen molar-refractivity contribution in [1.82, 2.24) is 4.57 Å². The van der Waals surface area contributed by atoms with Crippen molar-refractivity contribution in [2.75, 3.05) is 12.9 Å². The van der Waals surface area contributed by atoms with E-state index in [1.807, 2.05) is 37.4 Å². The lowest BCUT2D eigenvalue weighted by Crippen LogP contribution is -2.14. The zero-order chi connectivity index (χ0) is 18.7. The largest absolute Gasteiger partial charge is 0.465 e. The molecular weight excluding hydrogens is 353 g/mol. The molecule has 0 atom stereocenters. The number of benzene rings is 2. The van der Waals surface area contributed by atoms with E-state index in [9.17, 15) is 9.18 Å². The number of aromatic nitrogens is 1. The molecule has 3 aromatic rings. The van der Waals surface area contributed by atoms with Crippen molar-refractivity contribution >= 4 is 28.6 Å². The van der Waals surface area contributed by atoms with Gasteiger partial charge in [-0.25, -0.2) is 4.39 Å². The van der Waals surface area contributed by atoms with E-state index in [1.165, 1.54) is 12.1 Å². The molecule has 0 unspecified atom stereocenters. The summed E-state index contributed by atoms with van der Waals surface area (Å²) in [5.41, 5.74) is 1.47. The highest BCUT2D eigenvalue weighted by Gasteiger charge is 2.19. The third-order valence-corrected chi connectivity index (χ3v) is 4.84. The molecule has 0 radical (unpaired) electrons. The number of carbonyl (C=O) groups is 1. The first-order valence-corrected chi connectivity index (χ1v) is 9.51. The van der Waals surface area contributed by atoms with Crippen molar-refractivity contribution in [2.24, 2.45) is 0 Å². The van der Waals surface area contributed by atoms with Gasteiger partial charge in [-0.3, -0.25) is 4.79 Å². The Balaban J connectivity index is 2.04. The Morgan fingerprint density at radius 3 is 2.58 bits per heavy atom. The Hall–Kier alpha value is -2.47. The summed E-state index contributed by atoms with van der Waals surface area (Å²) in [5, 5.41) is 0.626. The predicted octanol–water partition coefficient (Wildman–Crippen LogP) is 5.17. The van der Waals surface area contributed by atoms with Crippen LogP contribution in [-0.2, 0) is 16.1 Å². The van der Waals surface area contributed by atoms with Crippen LogP contribution in [0.25, 0.3) is 10.9 Å². The first kappa shape index (κ1) is 18.3. The molecule has 0 saturated heterocycles. The summed E-state index contributed by atoms with van der Waals surface area (Å²) in [7, 11) is 0. The molecule has 4 nitrogen and oxygen atoms in total. The summed E-state index contributed by atoms with van der Waals surface area (Å²) < 4.78 is 26.7. The van der Waals surface area contributed by atoms with Crippen molar-refractivity contribution in [3.05, 3.63) is 54.0 Å². The summed E-state index contributed by atoms with van der Waals surface area (Å²) >= 11 is 1.65. The average molecular weight is 373 g/mol. The summed E-state index contributed by atoms with van der Waals surface area (Å²) in [6.07, 6.45) is 2.01. The van der Waals surface area contributed by atoms with Gasteiger partial charge in [-0.15, -0.1) is 11.8 Å². The topological polar surface area (TPSA) is 40.5 Å². The fraction of sp³-hybridized carbons (Fsp3) is 0.250. The minimum atomic E-state index is -0.353. The first-order valence-electron chi connectivity index (χ1n) is 8.29. The quantitative estimate of drug-likeness (QED) is 0.442. The van der Waals surface area contributed by atoms with Crippen LogP contribution in [0.2, 0.25) is 0 Å². The summed E-state index contributed by atoms with van der Waals surface area (Å²) in [5.74, 6) is 0.507. The Morgan fingerprint density at radius 1 is 1.19 bits per heavy atom. The number of hydrogen-bond acceptors (Lipinski definition) is 4. The number of halogens is 1. The van der Waals surface area contributed by atoms with Gasteiger partial charge in [-0.2, -0.15) is 0 Å². The van der Waals surface area contributed by atoms with Crippen LogP contribution in [0.5, 0.6) is 11.5 Å². The molecule has 0 aliphatic heterocycles. The van der Waals surface area contributed by atoms with Gasteiger partial charge in [0, 0.05) is 10.3 Å². The van der Waals surface area contributed by atoms with Crippen LogP contribution in [0.3, 0.4) is 0 Å². The van der Waals surface area contributed by atoms with E-state index in [2.05, 4.69) is 0 Å². The number of rotatable bonds is 6. The average Bonchev–Trinajstić information content (AvgIpc) is 2.87. The molecule has 0 bridgehead atoms. The minimum absolute atomic E-state index is 0.0522. The molecule has 1 aromatic heterocycles. The highest BCUT2D eigenvalue weighted by Crippen LogP contribution is 2.37. The van der Waals surface area contributed by atoms with Gasteiger partial charge in [-0.1, -0.05) is 0 Å². The number of carbonyl (C=O) groups excluding carboxylic acids is 1. The molecule has 0 aliphatic carbocycles. The summed E-state index contributed by atoms with van der Waals surface area (Å²) in [6, 6.07) is 12.1. The lowest BCUT2D eigenvalue weighted by Gasteiger charge is -2.09. The van der Waals surface area contributed by atoms with Gasteiger partial charge in [0.15, 0.2) is 5.75 Å². The fourth-order valence-corrected chi connectivity index (χ4v) is 3.26. The van der Waals surface area contributed by atoms with Crippen LogP contribution in [0.15, 0.2) is 47.4 Å². The maximum absolute atomic E-state index is 13.8. The zero-order valence-corrected chi connectivity index (χ0v) is 15.7. The van der Waals surface area contributed by atoms with Crippen molar-refractivity contribution in [3.63, 3.8) is 0 Å².